The summed E-state index contributed by atoms with van der Waals surface area (Å²) in [7, 11) is 0. The zero-order valence-electron chi connectivity index (χ0n) is 8.67. The fourth-order valence-corrected chi connectivity index (χ4v) is 1.52. The number of rotatable bonds is 3. The maximum atomic E-state index is 10.7. The third-order valence-corrected chi connectivity index (χ3v) is 2.33. The van der Waals surface area contributed by atoms with Crippen molar-refractivity contribution in [2.75, 3.05) is 0 Å². The fourth-order valence-electron chi connectivity index (χ4n) is 1.52. The molecule has 1 atom stereocenters. The van der Waals surface area contributed by atoms with Crippen LogP contribution in [0.25, 0.3) is 11.1 Å². The van der Waals surface area contributed by atoms with Gasteiger partial charge in [0.05, 0.1) is 0 Å². The Balaban J connectivity index is 2.60. The largest absolute Gasteiger partial charge is 0.479 e. The molecule has 84 valence electrons. The summed E-state index contributed by atoms with van der Waals surface area (Å²) in [5.74, 6) is -0.770. The molecule has 0 saturated carbocycles. The van der Waals surface area contributed by atoms with Crippen molar-refractivity contribution in [1.82, 2.24) is 4.98 Å². The zero-order chi connectivity index (χ0) is 11.7. The molecule has 2 rings (SSSR count). The van der Waals surface area contributed by atoms with Crippen molar-refractivity contribution in [2.45, 2.75) is 19.4 Å². The summed E-state index contributed by atoms with van der Waals surface area (Å²) in [5.41, 5.74) is 1.16. The minimum Gasteiger partial charge on any atom is -0.479 e. The number of hydrogen-bond acceptors (Lipinski definition) is 4. The maximum absolute atomic E-state index is 10.7. The lowest BCUT2D eigenvalue weighted by Crippen LogP contribution is -2.10. The average Bonchev–Trinajstić information content (AvgIpc) is 2.70. The highest BCUT2D eigenvalue weighted by Gasteiger charge is 2.20. The molecule has 16 heavy (non-hydrogen) atoms. The standard InChI is InChI=1S/C11H11NO4/c1-2-8-12-9-6(10(13)11(14)15)4-3-5-7(9)16-8/h3-5,10,13H,2H2,1H3,(H,14,15). The molecule has 0 aliphatic rings. The van der Waals surface area contributed by atoms with E-state index in [4.69, 9.17) is 9.52 Å². The number of fused-ring (bicyclic) bond motifs is 1. The van der Waals surface area contributed by atoms with Gasteiger partial charge in [0.2, 0.25) is 0 Å². The summed E-state index contributed by atoms with van der Waals surface area (Å²) in [5, 5.41) is 18.2. The van der Waals surface area contributed by atoms with Gasteiger partial charge in [0, 0.05) is 12.0 Å². The summed E-state index contributed by atoms with van der Waals surface area (Å²) in [4.78, 5) is 14.9. The van der Waals surface area contributed by atoms with Crippen LogP contribution < -0.4 is 0 Å². The number of aliphatic carboxylic acids is 1. The highest BCUT2D eigenvalue weighted by atomic mass is 16.4. The van der Waals surface area contributed by atoms with Crippen molar-refractivity contribution in [3.05, 3.63) is 29.7 Å². The maximum Gasteiger partial charge on any atom is 0.337 e. The molecule has 0 amide bonds. The summed E-state index contributed by atoms with van der Waals surface area (Å²) >= 11 is 0. The van der Waals surface area contributed by atoms with Crippen LogP contribution in [0.1, 0.15) is 24.5 Å². The Morgan fingerprint density at radius 3 is 2.94 bits per heavy atom. The van der Waals surface area contributed by atoms with Gasteiger partial charge in [-0.3, -0.25) is 0 Å². The van der Waals surface area contributed by atoms with Gasteiger partial charge in [0.1, 0.15) is 5.52 Å². The van der Waals surface area contributed by atoms with Crippen LogP contribution >= 0.6 is 0 Å². The summed E-state index contributed by atoms with van der Waals surface area (Å²) in [6.07, 6.45) is -0.949. The lowest BCUT2D eigenvalue weighted by atomic mass is 10.1. The van der Waals surface area contributed by atoms with E-state index < -0.39 is 12.1 Å². The van der Waals surface area contributed by atoms with E-state index >= 15 is 0 Å². The Bertz CT molecular complexity index is 532. The van der Waals surface area contributed by atoms with Crippen LogP contribution in [0.5, 0.6) is 0 Å². The summed E-state index contributed by atoms with van der Waals surface area (Å²) < 4.78 is 5.37. The molecule has 0 aliphatic carbocycles. The van der Waals surface area contributed by atoms with E-state index in [1.165, 1.54) is 6.07 Å². The number of oxazole rings is 1. The molecule has 5 heteroatoms. The minimum atomic E-state index is -1.57. The number of benzene rings is 1. The van der Waals surface area contributed by atoms with Crippen molar-refractivity contribution in [3.8, 4) is 0 Å². The van der Waals surface area contributed by atoms with E-state index in [-0.39, 0.29) is 5.56 Å². The Morgan fingerprint density at radius 2 is 2.31 bits per heavy atom. The SMILES string of the molecule is CCc1nc2c(C(O)C(=O)O)cccc2o1. The van der Waals surface area contributed by atoms with Gasteiger partial charge in [0.25, 0.3) is 0 Å². The summed E-state index contributed by atoms with van der Waals surface area (Å²) in [6.45, 7) is 1.89. The first-order valence-electron chi connectivity index (χ1n) is 4.92. The Hall–Kier alpha value is -1.88. The number of carboxylic acids is 1. The van der Waals surface area contributed by atoms with Crippen molar-refractivity contribution in [1.29, 1.82) is 0 Å². The van der Waals surface area contributed by atoms with E-state index in [1.54, 1.807) is 12.1 Å². The number of aromatic nitrogens is 1. The van der Waals surface area contributed by atoms with E-state index in [0.717, 1.165) is 0 Å². The van der Waals surface area contributed by atoms with Crippen LogP contribution in [0.2, 0.25) is 0 Å². The Kier molecular flexibility index (Phi) is 2.62. The van der Waals surface area contributed by atoms with Crippen LogP contribution in [0.4, 0.5) is 0 Å². The van der Waals surface area contributed by atoms with Crippen LogP contribution in [-0.4, -0.2) is 21.2 Å². The molecule has 0 fully saturated rings. The van der Waals surface area contributed by atoms with Gasteiger partial charge < -0.3 is 14.6 Å². The molecule has 1 aromatic carbocycles. The number of aliphatic hydroxyl groups is 1. The number of carboxylic acid groups (broad SMARTS) is 1. The van der Waals surface area contributed by atoms with Crippen molar-refractivity contribution < 1.29 is 19.4 Å². The van der Waals surface area contributed by atoms with Gasteiger partial charge in [-0.05, 0) is 6.07 Å². The fraction of sp³-hybridized carbons (Fsp3) is 0.273. The topological polar surface area (TPSA) is 83.6 Å². The van der Waals surface area contributed by atoms with Gasteiger partial charge >= 0.3 is 5.97 Å². The second-order valence-electron chi connectivity index (χ2n) is 3.40. The molecule has 0 aliphatic heterocycles. The first-order chi connectivity index (χ1) is 7.63. The third kappa shape index (κ3) is 1.65. The highest BCUT2D eigenvalue weighted by Crippen LogP contribution is 2.24. The van der Waals surface area contributed by atoms with Crippen LogP contribution in [-0.2, 0) is 11.2 Å². The number of para-hydroxylation sites is 1. The monoisotopic (exact) mass is 221 g/mol. The number of aliphatic hydroxyl groups excluding tert-OH is 1. The third-order valence-electron chi connectivity index (χ3n) is 2.33. The van der Waals surface area contributed by atoms with Gasteiger partial charge in [-0.1, -0.05) is 19.1 Å². The predicted octanol–water partition coefficient (Wildman–Crippen LogP) is 1.51. The van der Waals surface area contributed by atoms with Crippen molar-refractivity contribution in [2.24, 2.45) is 0 Å². The zero-order valence-corrected chi connectivity index (χ0v) is 8.67. The van der Waals surface area contributed by atoms with E-state index in [0.29, 0.717) is 23.4 Å². The van der Waals surface area contributed by atoms with Gasteiger partial charge in [-0.25, -0.2) is 9.78 Å². The van der Waals surface area contributed by atoms with Crippen LogP contribution in [0.3, 0.4) is 0 Å². The molecular weight excluding hydrogens is 210 g/mol. The second kappa shape index (κ2) is 3.94. The van der Waals surface area contributed by atoms with Gasteiger partial charge in [-0.2, -0.15) is 0 Å². The predicted molar refractivity (Wildman–Crippen MR) is 56.0 cm³/mol. The van der Waals surface area contributed by atoms with E-state index in [9.17, 15) is 9.90 Å². The first-order valence-corrected chi connectivity index (χ1v) is 4.92. The number of nitrogens with zero attached hydrogens (tertiary/aromatic N) is 1. The van der Waals surface area contributed by atoms with Crippen molar-refractivity contribution >= 4 is 17.1 Å². The molecule has 5 nitrogen and oxygen atoms in total. The summed E-state index contributed by atoms with van der Waals surface area (Å²) in [6, 6.07) is 4.86. The van der Waals surface area contributed by atoms with Gasteiger partial charge in [-0.15, -0.1) is 0 Å². The average molecular weight is 221 g/mol. The normalized spacial score (nSPS) is 12.9. The van der Waals surface area contributed by atoms with Crippen LogP contribution in [0, 0.1) is 0 Å². The molecule has 0 bridgehead atoms. The molecule has 2 N–H and O–H groups in total. The Labute approximate surface area is 91.3 Å². The highest BCUT2D eigenvalue weighted by molar-refractivity contribution is 5.84. The van der Waals surface area contributed by atoms with Crippen LogP contribution in [0.15, 0.2) is 22.6 Å². The Morgan fingerprint density at radius 1 is 1.56 bits per heavy atom. The van der Waals surface area contributed by atoms with Crippen molar-refractivity contribution in [3.63, 3.8) is 0 Å². The second-order valence-corrected chi connectivity index (χ2v) is 3.40. The minimum absolute atomic E-state index is 0.258. The number of hydrogen-bond donors (Lipinski definition) is 2. The molecule has 1 unspecified atom stereocenters. The quantitative estimate of drug-likeness (QED) is 0.820. The molecular formula is C11H11NO4. The van der Waals surface area contributed by atoms with Gasteiger partial charge in [0.15, 0.2) is 17.6 Å². The molecule has 2 aromatic rings. The molecule has 1 aromatic heterocycles. The molecule has 0 saturated heterocycles. The molecule has 0 spiro atoms. The lowest BCUT2D eigenvalue weighted by molar-refractivity contribution is -0.146. The van der Waals surface area contributed by atoms with E-state index in [2.05, 4.69) is 4.98 Å². The molecule has 0 radical (unpaired) electrons. The van der Waals surface area contributed by atoms with E-state index in [1.807, 2.05) is 6.92 Å². The first kappa shape index (κ1) is 10.6. The molecule has 1 heterocycles. The number of carbonyl (C=O) groups is 1. The lowest BCUT2D eigenvalue weighted by Gasteiger charge is -2.04. The smallest absolute Gasteiger partial charge is 0.337 e. The number of aryl methyl sites for hydroxylation is 1.